The summed E-state index contributed by atoms with van der Waals surface area (Å²) in [6.07, 6.45) is 2.80. The Labute approximate surface area is 196 Å². The number of aromatic nitrogens is 1. The molecule has 1 aromatic heterocycles. The van der Waals surface area contributed by atoms with Crippen molar-refractivity contribution < 1.29 is 23.5 Å². The molecule has 0 aliphatic carbocycles. The van der Waals surface area contributed by atoms with Crippen LogP contribution in [-0.4, -0.2) is 41.0 Å². The summed E-state index contributed by atoms with van der Waals surface area (Å²) in [7, 11) is 0. The number of nitrogens with zero attached hydrogens (tertiary/aromatic N) is 2. The first-order valence-corrected chi connectivity index (χ1v) is 10.9. The van der Waals surface area contributed by atoms with Gasteiger partial charge in [-0.25, -0.2) is 14.2 Å². The number of nitrogens with two attached hydrogens (primary N) is 1. The van der Waals surface area contributed by atoms with Gasteiger partial charge in [-0.3, -0.25) is 4.79 Å². The van der Waals surface area contributed by atoms with Crippen LogP contribution in [0, 0.1) is 5.82 Å². The van der Waals surface area contributed by atoms with E-state index in [0.29, 0.717) is 37.4 Å². The molecule has 1 aliphatic rings. The lowest BCUT2D eigenvalue weighted by atomic mass is 10.1. The number of piperidine rings is 1. The molecule has 176 valence electrons. The van der Waals surface area contributed by atoms with Gasteiger partial charge in [0.2, 0.25) is 0 Å². The summed E-state index contributed by atoms with van der Waals surface area (Å²) in [5.74, 6) is 0.485. The number of carbonyl (C=O) groups is 2. The Morgan fingerprint density at radius 1 is 1.06 bits per heavy atom. The molecule has 3 N–H and O–H groups in total. The van der Waals surface area contributed by atoms with Crippen LogP contribution in [0.15, 0.2) is 66.9 Å². The van der Waals surface area contributed by atoms with Gasteiger partial charge in [0.1, 0.15) is 35.7 Å². The van der Waals surface area contributed by atoms with Crippen molar-refractivity contribution in [2.24, 2.45) is 5.73 Å². The zero-order valence-electron chi connectivity index (χ0n) is 18.4. The lowest BCUT2D eigenvalue weighted by molar-refractivity contribution is 0.0995. The van der Waals surface area contributed by atoms with E-state index in [2.05, 4.69) is 10.3 Å². The first kappa shape index (κ1) is 23.0. The van der Waals surface area contributed by atoms with Crippen molar-refractivity contribution in [3.63, 3.8) is 0 Å². The zero-order chi connectivity index (χ0) is 23.9. The number of amides is 3. The summed E-state index contributed by atoms with van der Waals surface area (Å²) in [6.45, 7) is 1.39. The molecular weight excluding hydrogens is 439 g/mol. The molecule has 0 bridgehead atoms. The van der Waals surface area contributed by atoms with Crippen LogP contribution < -0.4 is 20.5 Å². The van der Waals surface area contributed by atoms with Gasteiger partial charge in [0.25, 0.3) is 5.91 Å². The fourth-order valence-electron chi connectivity index (χ4n) is 3.59. The van der Waals surface area contributed by atoms with Gasteiger partial charge in [-0.15, -0.1) is 0 Å². The number of hydrogen-bond acceptors (Lipinski definition) is 5. The molecule has 0 radical (unpaired) electrons. The number of anilines is 1. The summed E-state index contributed by atoms with van der Waals surface area (Å²) >= 11 is 0. The SMILES string of the molecule is NC(=O)c1ccc(NC(=O)N2CCC(Oc3ccc(OCc4cccc(F)c4)cc3)CC2)cn1. The topological polar surface area (TPSA) is 107 Å². The summed E-state index contributed by atoms with van der Waals surface area (Å²) < 4.78 is 25.0. The van der Waals surface area contributed by atoms with Gasteiger partial charge >= 0.3 is 6.03 Å². The third-order valence-corrected chi connectivity index (χ3v) is 5.42. The number of carbonyl (C=O) groups excluding carboxylic acids is 2. The van der Waals surface area contributed by atoms with Gasteiger partial charge in [0, 0.05) is 25.9 Å². The van der Waals surface area contributed by atoms with E-state index >= 15 is 0 Å². The highest BCUT2D eigenvalue weighted by Crippen LogP contribution is 2.23. The summed E-state index contributed by atoms with van der Waals surface area (Å²) in [6, 6.07) is 16.4. The van der Waals surface area contributed by atoms with Gasteiger partial charge < -0.3 is 25.4 Å². The lowest BCUT2D eigenvalue weighted by Gasteiger charge is -2.32. The summed E-state index contributed by atoms with van der Waals surface area (Å²) in [5.41, 5.74) is 6.56. The van der Waals surface area contributed by atoms with Crippen LogP contribution in [0.3, 0.4) is 0 Å². The van der Waals surface area contributed by atoms with Crippen molar-refractivity contribution >= 4 is 17.6 Å². The molecule has 1 fully saturated rings. The summed E-state index contributed by atoms with van der Waals surface area (Å²) in [5, 5.41) is 2.77. The first-order chi connectivity index (χ1) is 16.5. The molecule has 4 rings (SSSR count). The highest BCUT2D eigenvalue weighted by molar-refractivity contribution is 5.92. The van der Waals surface area contributed by atoms with Crippen molar-refractivity contribution in [3.05, 3.63) is 83.9 Å². The van der Waals surface area contributed by atoms with Gasteiger partial charge in [-0.1, -0.05) is 12.1 Å². The van der Waals surface area contributed by atoms with Crippen molar-refractivity contribution in [1.29, 1.82) is 0 Å². The fourth-order valence-corrected chi connectivity index (χ4v) is 3.59. The molecule has 8 nitrogen and oxygen atoms in total. The minimum absolute atomic E-state index is 0.000343. The van der Waals surface area contributed by atoms with E-state index in [-0.39, 0.29) is 30.3 Å². The number of hydrogen-bond donors (Lipinski definition) is 2. The molecule has 2 aromatic carbocycles. The minimum Gasteiger partial charge on any atom is -0.490 e. The minimum atomic E-state index is -0.619. The second-order valence-corrected chi connectivity index (χ2v) is 7.92. The van der Waals surface area contributed by atoms with Crippen molar-refractivity contribution in [2.75, 3.05) is 18.4 Å². The number of benzene rings is 2. The van der Waals surface area contributed by atoms with E-state index in [1.165, 1.54) is 24.4 Å². The number of likely N-dealkylation sites (tertiary alicyclic amines) is 1. The average molecular weight is 464 g/mol. The van der Waals surface area contributed by atoms with Crippen LogP contribution in [0.2, 0.25) is 0 Å². The number of halogens is 1. The summed E-state index contributed by atoms with van der Waals surface area (Å²) in [4.78, 5) is 29.2. The van der Waals surface area contributed by atoms with Crippen LogP contribution in [0.5, 0.6) is 11.5 Å². The van der Waals surface area contributed by atoms with Crippen molar-refractivity contribution in [3.8, 4) is 11.5 Å². The molecule has 3 aromatic rings. The second kappa shape index (κ2) is 10.7. The van der Waals surface area contributed by atoms with Gasteiger partial charge in [-0.05, 0) is 54.1 Å². The van der Waals surface area contributed by atoms with Gasteiger partial charge in [0.05, 0.1) is 11.9 Å². The third kappa shape index (κ3) is 6.22. The predicted molar refractivity (Wildman–Crippen MR) is 124 cm³/mol. The zero-order valence-corrected chi connectivity index (χ0v) is 18.4. The molecule has 2 heterocycles. The van der Waals surface area contributed by atoms with Crippen LogP contribution in [0.25, 0.3) is 0 Å². The number of pyridine rings is 1. The van der Waals surface area contributed by atoms with Crippen molar-refractivity contribution in [2.45, 2.75) is 25.6 Å². The van der Waals surface area contributed by atoms with E-state index in [0.717, 1.165) is 11.3 Å². The molecule has 0 spiro atoms. The Morgan fingerprint density at radius 3 is 2.44 bits per heavy atom. The normalized spacial score (nSPS) is 13.9. The molecule has 34 heavy (non-hydrogen) atoms. The molecule has 1 aliphatic heterocycles. The second-order valence-electron chi connectivity index (χ2n) is 7.92. The molecule has 0 atom stereocenters. The molecule has 0 unspecified atom stereocenters. The first-order valence-electron chi connectivity index (χ1n) is 10.9. The highest BCUT2D eigenvalue weighted by atomic mass is 19.1. The monoisotopic (exact) mass is 464 g/mol. The van der Waals surface area contributed by atoms with Gasteiger partial charge in [-0.2, -0.15) is 0 Å². The smallest absolute Gasteiger partial charge is 0.321 e. The fraction of sp³-hybridized carbons (Fsp3) is 0.240. The Balaban J connectivity index is 1.21. The maximum Gasteiger partial charge on any atom is 0.321 e. The van der Waals surface area contributed by atoms with E-state index in [1.807, 2.05) is 30.3 Å². The molecule has 0 saturated carbocycles. The number of ether oxygens (including phenoxy) is 2. The van der Waals surface area contributed by atoms with Crippen LogP contribution in [0.1, 0.15) is 28.9 Å². The highest BCUT2D eigenvalue weighted by Gasteiger charge is 2.24. The maximum atomic E-state index is 13.3. The molecule has 9 heteroatoms. The maximum absolute atomic E-state index is 13.3. The number of urea groups is 1. The Bertz CT molecular complexity index is 1130. The van der Waals surface area contributed by atoms with E-state index in [1.54, 1.807) is 17.0 Å². The average Bonchev–Trinajstić information content (AvgIpc) is 2.84. The van der Waals surface area contributed by atoms with Crippen LogP contribution >= 0.6 is 0 Å². The lowest BCUT2D eigenvalue weighted by Crippen LogP contribution is -2.43. The Hall–Kier alpha value is -4.14. The van der Waals surface area contributed by atoms with Crippen molar-refractivity contribution in [1.82, 2.24) is 9.88 Å². The molecule has 1 saturated heterocycles. The van der Waals surface area contributed by atoms with E-state index < -0.39 is 5.91 Å². The number of primary amides is 1. The predicted octanol–water partition coefficient (Wildman–Crippen LogP) is 3.97. The standard InChI is InChI=1S/C25H25FN4O4/c26-18-3-1-2-17(14-18)16-33-20-5-7-21(8-6-20)34-22-10-12-30(13-11-22)25(32)29-19-4-9-23(24(27)31)28-15-19/h1-9,14-15,22H,10-13,16H2,(H2,27,31)(H,29,32). The van der Waals surface area contributed by atoms with Crippen LogP contribution in [-0.2, 0) is 6.61 Å². The third-order valence-electron chi connectivity index (χ3n) is 5.42. The number of rotatable bonds is 7. The number of nitrogens with one attached hydrogen (secondary N) is 1. The Kier molecular flexibility index (Phi) is 7.22. The van der Waals surface area contributed by atoms with E-state index in [4.69, 9.17) is 15.2 Å². The van der Waals surface area contributed by atoms with Crippen LogP contribution in [0.4, 0.5) is 14.9 Å². The van der Waals surface area contributed by atoms with E-state index in [9.17, 15) is 14.0 Å². The Morgan fingerprint density at radius 2 is 1.79 bits per heavy atom. The van der Waals surface area contributed by atoms with Gasteiger partial charge in [0.15, 0.2) is 0 Å². The molecule has 3 amide bonds. The quantitative estimate of drug-likeness (QED) is 0.550. The largest absolute Gasteiger partial charge is 0.490 e. The molecular formula is C25H25FN4O4.